The predicted octanol–water partition coefficient (Wildman–Crippen LogP) is 4.01. The van der Waals surface area contributed by atoms with Crippen LogP contribution in [0.15, 0.2) is 22.6 Å². The van der Waals surface area contributed by atoms with Gasteiger partial charge in [-0.1, -0.05) is 39.3 Å². The molecule has 5 atom stereocenters. The van der Waals surface area contributed by atoms with Crippen LogP contribution in [0.5, 0.6) is 0 Å². The number of aromatic nitrogens is 1. The van der Waals surface area contributed by atoms with Gasteiger partial charge < -0.3 is 25.5 Å². The van der Waals surface area contributed by atoms with E-state index in [1.165, 1.54) is 5.57 Å². The van der Waals surface area contributed by atoms with Gasteiger partial charge in [0.15, 0.2) is 6.29 Å². The lowest BCUT2D eigenvalue weighted by molar-refractivity contribution is -0.146. The molecular weight excluding hydrogens is 466 g/mol. The van der Waals surface area contributed by atoms with Gasteiger partial charge in [0.1, 0.15) is 5.78 Å². The van der Waals surface area contributed by atoms with Crippen LogP contribution >= 0.6 is 11.3 Å². The third-order valence-corrected chi connectivity index (χ3v) is 7.66. The van der Waals surface area contributed by atoms with Crippen LogP contribution in [0, 0.1) is 24.2 Å². The SMILES string of the molecule is C/C(=C/CC(O)/C(C)=C/c1csc(C)n1)CCCC(C)C(O)C(C)C(=O)C(C)(C)C(O)CC(O)O. The van der Waals surface area contributed by atoms with E-state index >= 15 is 0 Å². The Bertz CT molecular complexity index is 860. The number of aryl methyl sites for hydroxylation is 1. The number of Topliss-reactive ketones (excluding diaryl/α,β-unsaturated/α-hetero) is 1. The molecule has 5 unspecified atom stereocenters. The summed E-state index contributed by atoms with van der Waals surface area (Å²) < 4.78 is 0. The molecule has 35 heavy (non-hydrogen) atoms. The molecule has 7 nitrogen and oxygen atoms in total. The first kappa shape index (κ1) is 31.6. The average molecular weight is 512 g/mol. The van der Waals surface area contributed by atoms with Gasteiger partial charge in [0.05, 0.1) is 29.0 Å². The van der Waals surface area contributed by atoms with Gasteiger partial charge >= 0.3 is 0 Å². The molecule has 0 saturated carbocycles. The first-order valence-corrected chi connectivity index (χ1v) is 13.2. The van der Waals surface area contributed by atoms with E-state index in [1.807, 2.05) is 45.2 Å². The molecule has 0 aliphatic rings. The molecule has 0 spiro atoms. The third-order valence-electron chi connectivity index (χ3n) is 6.87. The fraction of sp³-hybridized carbons (Fsp3) is 0.704. The van der Waals surface area contributed by atoms with Crippen LogP contribution in [0.25, 0.3) is 6.08 Å². The van der Waals surface area contributed by atoms with Crippen LogP contribution in [0.4, 0.5) is 0 Å². The van der Waals surface area contributed by atoms with Crippen molar-refractivity contribution >= 4 is 23.2 Å². The van der Waals surface area contributed by atoms with Crippen molar-refractivity contribution in [1.82, 2.24) is 4.98 Å². The number of ketones is 1. The van der Waals surface area contributed by atoms with E-state index in [2.05, 4.69) is 4.98 Å². The molecule has 0 amide bonds. The maximum atomic E-state index is 12.9. The van der Waals surface area contributed by atoms with E-state index < -0.39 is 35.9 Å². The number of thiazole rings is 1. The fourth-order valence-corrected chi connectivity index (χ4v) is 4.71. The summed E-state index contributed by atoms with van der Waals surface area (Å²) in [6, 6.07) is 0. The normalized spacial score (nSPS) is 17.9. The maximum Gasteiger partial charge on any atom is 0.153 e. The summed E-state index contributed by atoms with van der Waals surface area (Å²) >= 11 is 1.58. The molecule has 1 aromatic rings. The number of carbonyl (C=O) groups excluding carboxylic acids is 1. The Kier molecular flexibility index (Phi) is 13.0. The van der Waals surface area contributed by atoms with Crippen molar-refractivity contribution in [1.29, 1.82) is 0 Å². The standard InChI is InChI=1S/C27H45NO6S/c1-16(11-12-22(29)18(3)13-21-15-35-20(5)28-21)9-8-10-17(2)25(33)19(4)26(34)27(6,7)23(30)14-24(31)32/h11,13,15,17,19,22-25,29-33H,8-10,12,14H2,1-7H3/b16-11-,18-13+. The third kappa shape index (κ3) is 10.2. The minimum absolute atomic E-state index is 0.115. The fourth-order valence-electron chi connectivity index (χ4n) is 4.14. The highest BCUT2D eigenvalue weighted by Crippen LogP contribution is 2.32. The van der Waals surface area contributed by atoms with Gasteiger partial charge in [-0.3, -0.25) is 4.79 Å². The molecule has 0 bridgehead atoms. The Labute approximate surface area is 214 Å². The molecular formula is C27H45NO6S. The first-order valence-electron chi connectivity index (χ1n) is 12.4. The summed E-state index contributed by atoms with van der Waals surface area (Å²) in [6.07, 6.45) is 2.22. The minimum Gasteiger partial charge on any atom is -0.392 e. The predicted molar refractivity (Wildman–Crippen MR) is 141 cm³/mol. The summed E-state index contributed by atoms with van der Waals surface area (Å²) in [4.78, 5) is 17.3. The monoisotopic (exact) mass is 511 g/mol. The number of allylic oxidation sites excluding steroid dienone is 1. The van der Waals surface area contributed by atoms with E-state index in [-0.39, 0.29) is 18.1 Å². The van der Waals surface area contributed by atoms with Crippen LogP contribution in [0.1, 0.15) is 84.3 Å². The lowest BCUT2D eigenvalue weighted by atomic mass is 9.73. The molecule has 0 radical (unpaired) electrons. The van der Waals surface area contributed by atoms with E-state index in [1.54, 1.807) is 32.1 Å². The van der Waals surface area contributed by atoms with Crippen LogP contribution in [-0.2, 0) is 4.79 Å². The van der Waals surface area contributed by atoms with Crippen molar-refractivity contribution in [3.63, 3.8) is 0 Å². The largest absolute Gasteiger partial charge is 0.392 e. The average Bonchev–Trinajstić information content (AvgIpc) is 3.19. The molecule has 0 saturated heterocycles. The van der Waals surface area contributed by atoms with Gasteiger partial charge in [0.2, 0.25) is 0 Å². The molecule has 200 valence electrons. The van der Waals surface area contributed by atoms with Crippen LogP contribution in [-0.4, -0.2) is 60.9 Å². The lowest BCUT2D eigenvalue weighted by Gasteiger charge is -2.34. The van der Waals surface area contributed by atoms with Gasteiger partial charge in [-0.15, -0.1) is 11.3 Å². The highest BCUT2D eigenvalue weighted by atomic mass is 32.1. The van der Waals surface area contributed by atoms with Crippen molar-refractivity contribution in [2.75, 3.05) is 0 Å². The molecule has 5 N–H and O–H groups in total. The number of aliphatic hydroxyl groups excluding tert-OH is 4. The van der Waals surface area contributed by atoms with Crippen LogP contribution in [0.2, 0.25) is 0 Å². The number of hydrogen-bond acceptors (Lipinski definition) is 8. The van der Waals surface area contributed by atoms with E-state index in [0.717, 1.165) is 35.5 Å². The van der Waals surface area contributed by atoms with Crippen molar-refractivity contribution in [2.24, 2.45) is 17.3 Å². The minimum atomic E-state index is -1.70. The topological polar surface area (TPSA) is 131 Å². The molecule has 1 rings (SSSR count). The highest BCUT2D eigenvalue weighted by molar-refractivity contribution is 7.09. The zero-order valence-electron chi connectivity index (χ0n) is 22.2. The van der Waals surface area contributed by atoms with Crippen molar-refractivity contribution in [3.05, 3.63) is 33.3 Å². The van der Waals surface area contributed by atoms with Gasteiger partial charge in [0, 0.05) is 23.1 Å². The zero-order chi connectivity index (χ0) is 26.9. The molecule has 0 aliphatic carbocycles. The number of rotatable bonds is 15. The van der Waals surface area contributed by atoms with E-state index in [0.29, 0.717) is 6.42 Å². The Hall–Kier alpha value is -1.42. The van der Waals surface area contributed by atoms with Gasteiger partial charge in [-0.2, -0.15) is 0 Å². The summed E-state index contributed by atoms with van der Waals surface area (Å²) in [5.74, 6) is -1.10. The van der Waals surface area contributed by atoms with Crippen molar-refractivity contribution < 1.29 is 30.3 Å². The van der Waals surface area contributed by atoms with Crippen molar-refractivity contribution in [3.8, 4) is 0 Å². The molecule has 0 fully saturated rings. The van der Waals surface area contributed by atoms with E-state index in [9.17, 15) is 20.1 Å². The number of aliphatic hydroxyl groups is 5. The maximum absolute atomic E-state index is 12.9. The molecule has 1 heterocycles. The van der Waals surface area contributed by atoms with Crippen molar-refractivity contribution in [2.45, 2.75) is 105 Å². The highest BCUT2D eigenvalue weighted by Gasteiger charge is 2.41. The Balaban J connectivity index is 2.53. The zero-order valence-corrected chi connectivity index (χ0v) is 23.0. The Morgan fingerprint density at radius 2 is 1.77 bits per heavy atom. The second-order valence-electron chi connectivity index (χ2n) is 10.4. The molecule has 0 aromatic carbocycles. The molecule has 0 aliphatic heterocycles. The smallest absolute Gasteiger partial charge is 0.153 e. The molecule has 8 heteroatoms. The summed E-state index contributed by atoms with van der Waals surface area (Å²) in [7, 11) is 0. The van der Waals surface area contributed by atoms with Crippen LogP contribution < -0.4 is 0 Å². The van der Waals surface area contributed by atoms with Gasteiger partial charge in [-0.05, 0) is 64.0 Å². The number of nitrogens with zero attached hydrogens (tertiary/aromatic N) is 1. The Morgan fingerprint density at radius 1 is 1.14 bits per heavy atom. The Morgan fingerprint density at radius 3 is 2.31 bits per heavy atom. The molecule has 1 aromatic heterocycles. The van der Waals surface area contributed by atoms with Crippen LogP contribution in [0.3, 0.4) is 0 Å². The van der Waals surface area contributed by atoms with Gasteiger partial charge in [0.25, 0.3) is 0 Å². The lowest BCUT2D eigenvalue weighted by Crippen LogP contribution is -2.45. The quantitative estimate of drug-likeness (QED) is 0.178. The number of hydrogen-bond donors (Lipinski definition) is 5. The summed E-state index contributed by atoms with van der Waals surface area (Å²) in [6.45, 7) is 12.6. The summed E-state index contributed by atoms with van der Waals surface area (Å²) in [5, 5.41) is 52.6. The second-order valence-corrected chi connectivity index (χ2v) is 11.5. The van der Waals surface area contributed by atoms with Gasteiger partial charge in [-0.25, -0.2) is 4.98 Å². The number of carbonyl (C=O) groups is 1. The summed E-state index contributed by atoms with van der Waals surface area (Å²) in [5.41, 5.74) is 1.71. The second kappa shape index (κ2) is 14.4. The first-order chi connectivity index (χ1) is 16.2. The van der Waals surface area contributed by atoms with E-state index in [4.69, 9.17) is 10.2 Å².